The van der Waals surface area contributed by atoms with Crippen molar-refractivity contribution in [3.8, 4) is 0 Å². The maximum atomic E-state index is 11.6. The van der Waals surface area contributed by atoms with Gasteiger partial charge >= 0.3 is 0 Å². The predicted molar refractivity (Wildman–Crippen MR) is 147 cm³/mol. The van der Waals surface area contributed by atoms with Gasteiger partial charge in [-0.05, 0) is 71.7 Å². The number of hydrogen-bond donors (Lipinski definition) is 5. The molecule has 11 atom stereocenters. The number of aromatic nitrogens is 1. The molecule has 3 aliphatic heterocycles. The van der Waals surface area contributed by atoms with Crippen LogP contribution in [0.4, 0.5) is 0 Å². The van der Waals surface area contributed by atoms with Gasteiger partial charge in [0, 0.05) is 48.7 Å². The highest BCUT2D eigenvalue weighted by Gasteiger charge is 2.69. The summed E-state index contributed by atoms with van der Waals surface area (Å²) in [5.41, 5.74) is 1.47. The van der Waals surface area contributed by atoms with Crippen molar-refractivity contribution in [2.75, 3.05) is 13.1 Å². The van der Waals surface area contributed by atoms with Crippen LogP contribution in [-0.2, 0) is 4.74 Å². The number of likely N-dealkylation sites (tertiary alicyclic amines) is 1. The molecule has 8 rings (SSSR count). The Morgan fingerprint density at radius 2 is 1.77 bits per heavy atom. The number of benzene rings is 1. The van der Waals surface area contributed by atoms with Crippen LogP contribution < -0.4 is 0 Å². The van der Waals surface area contributed by atoms with Gasteiger partial charge in [0.05, 0.1) is 35.6 Å². The number of nitrogens with zero attached hydrogens (tertiary/aromatic N) is 2. The Morgan fingerprint density at radius 1 is 0.975 bits per heavy atom. The van der Waals surface area contributed by atoms with Crippen LogP contribution in [0.25, 0.3) is 10.8 Å². The average molecular weight is 547 g/mol. The summed E-state index contributed by atoms with van der Waals surface area (Å²) in [4.78, 5) is 6.21. The molecule has 2 spiro atoms. The van der Waals surface area contributed by atoms with Gasteiger partial charge in [0.15, 0.2) is 0 Å². The first-order valence-electron chi connectivity index (χ1n) is 14.8. The Labute approximate surface area is 233 Å². The molecule has 40 heavy (non-hydrogen) atoms. The first kappa shape index (κ1) is 25.5. The van der Waals surface area contributed by atoms with E-state index in [2.05, 4.69) is 42.3 Å². The zero-order chi connectivity index (χ0) is 27.6. The molecule has 6 aliphatic rings. The van der Waals surface area contributed by atoms with E-state index in [9.17, 15) is 25.5 Å². The Hall–Kier alpha value is -2.17. The Balaban J connectivity index is 1.17. The second-order valence-corrected chi connectivity index (χ2v) is 13.6. The number of hydrogen-bond acceptors (Lipinski definition) is 8. The number of aliphatic hydroxyl groups excluding tert-OH is 5. The predicted octanol–water partition coefficient (Wildman–Crippen LogP) is 1.80. The lowest BCUT2D eigenvalue weighted by Crippen LogP contribution is -2.62. The van der Waals surface area contributed by atoms with Crippen LogP contribution in [0.15, 0.2) is 60.0 Å². The van der Waals surface area contributed by atoms with Crippen LogP contribution >= 0.6 is 0 Å². The summed E-state index contributed by atoms with van der Waals surface area (Å²) < 4.78 is 7.24. The van der Waals surface area contributed by atoms with Crippen molar-refractivity contribution in [3.63, 3.8) is 0 Å². The zero-order valence-electron chi connectivity index (χ0n) is 22.7. The summed E-state index contributed by atoms with van der Waals surface area (Å²) in [6.07, 6.45) is 7.15. The van der Waals surface area contributed by atoms with Gasteiger partial charge in [0.25, 0.3) is 0 Å². The maximum absolute atomic E-state index is 11.6. The number of pyridine rings is 1. The Morgan fingerprint density at radius 3 is 2.58 bits per heavy atom. The molecule has 8 heteroatoms. The molecule has 2 saturated carbocycles. The standard InChI is InChI=1S/C32H38N2O6/c1-30-6-4-20-11-21-28(38)29(39)22(34-15-24(36)25(37)16-34)13-31(21)7-8-32(20,40-31)26(30)12-23(35)27(30)18-3-2-17-5-9-33-14-19(17)10-18/h2-5,9-11,14,22-29,35-39H,6-8,12-13,15-16H2,1H3/t22-,23+,24-,25-,26+,27?,28+,29-,30-,31+,32?/m0/s1. The molecule has 212 valence electrons. The minimum Gasteiger partial charge on any atom is -0.392 e. The lowest BCUT2D eigenvalue weighted by molar-refractivity contribution is -0.167. The molecule has 4 fully saturated rings. The van der Waals surface area contributed by atoms with E-state index >= 15 is 0 Å². The maximum Gasteiger partial charge on any atom is 0.105 e. The lowest BCUT2D eigenvalue weighted by Gasteiger charge is -2.56. The fraction of sp³-hybridized carbons (Fsp3) is 0.594. The average Bonchev–Trinajstić information content (AvgIpc) is 3.54. The van der Waals surface area contributed by atoms with Crippen molar-refractivity contribution in [1.29, 1.82) is 0 Å². The van der Waals surface area contributed by atoms with Crippen molar-refractivity contribution < 1.29 is 30.3 Å². The monoisotopic (exact) mass is 546 g/mol. The third-order valence-electron chi connectivity index (χ3n) is 11.7. The van der Waals surface area contributed by atoms with E-state index in [0.717, 1.165) is 46.7 Å². The van der Waals surface area contributed by atoms with E-state index < -0.39 is 47.8 Å². The first-order chi connectivity index (χ1) is 19.2. The fourth-order valence-electron chi connectivity index (χ4n) is 9.75. The number of β-amino-alcohol motifs (C(OH)–C–C–N with tert-alkyl or cyclic N) is 2. The van der Waals surface area contributed by atoms with Gasteiger partial charge in [-0.3, -0.25) is 9.88 Å². The van der Waals surface area contributed by atoms with Gasteiger partial charge in [-0.15, -0.1) is 0 Å². The van der Waals surface area contributed by atoms with Gasteiger partial charge in [-0.25, -0.2) is 0 Å². The molecule has 1 aromatic heterocycles. The number of rotatable bonds is 2. The molecule has 4 heterocycles. The second-order valence-electron chi connectivity index (χ2n) is 13.6. The molecule has 5 N–H and O–H groups in total. The van der Waals surface area contributed by atoms with Crippen molar-refractivity contribution in [2.45, 2.75) is 92.7 Å². The van der Waals surface area contributed by atoms with Crippen molar-refractivity contribution in [1.82, 2.24) is 9.88 Å². The third-order valence-corrected chi connectivity index (χ3v) is 11.7. The minimum atomic E-state index is -1.08. The highest BCUT2D eigenvalue weighted by molar-refractivity contribution is 5.82. The number of aliphatic hydroxyl groups is 5. The van der Waals surface area contributed by atoms with Crippen molar-refractivity contribution in [2.24, 2.45) is 11.3 Å². The molecule has 8 nitrogen and oxygen atoms in total. The molecule has 2 unspecified atom stereocenters. The molecule has 2 saturated heterocycles. The van der Waals surface area contributed by atoms with E-state index in [1.54, 1.807) is 6.20 Å². The zero-order valence-corrected chi connectivity index (χ0v) is 22.7. The van der Waals surface area contributed by atoms with Crippen LogP contribution in [0, 0.1) is 11.3 Å². The number of fused-ring (bicyclic) bond motifs is 2. The number of allylic oxidation sites excluding steroid dienone is 1. The second kappa shape index (κ2) is 8.44. The molecule has 3 aliphatic carbocycles. The molecular weight excluding hydrogens is 508 g/mol. The van der Waals surface area contributed by atoms with Gasteiger partial charge in [0.2, 0.25) is 0 Å². The van der Waals surface area contributed by atoms with E-state index in [1.807, 2.05) is 17.2 Å². The highest BCUT2D eigenvalue weighted by Crippen LogP contribution is 2.69. The normalized spacial score (nSPS) is 48.0. The van der Waals surface area contributed by atoms with Crippen LogP contribution in [0.5, 0.6) is 0 Å². The van der Waals surface area contributed by atoms with Gasteiger partial charge in [0.1, 0.15) is 6.10 Å². The van der Waals surface area contributed by atoms with Crippen LogP contribution in [-0.4, -0.2) is 96.3 Å². The van der Waals surface area contributed by atoms with Gasteiger partial charge in [-0.1, -0.05) is 31.2 Å². The van der Waals surface area contributed by atoms with Crippen molar-refractivity contribution >= 4 is 10.8 Å². The third kappa shape index (κ3) is 3.24. The minimum absolute atomic E-state index is 0.0427. The Bertz CT molecular complexity index is 1430. The van der Waals surface area contributed by atoms with Crippen molar-refractivity contribution in [3.05, 3.63) is 65.5 Å². The largest absolute Gasteiger partial charge is 0.392 e. The van der Waals surface area contributed by atoms with Gasteiger partial charge in [-0.2, -0.15) is 0 Å². The first-order valence-corrected chi connectivity index (χ1v) is 14.8. The smallest absolute Gasteiger partial charge is 0.105 e. The van der Waals surface area contributed by atoms with E-state index in [-0.39, 0.29) is 30.3 Å². The lowest BCUT2D eigenvalue weighted by atomic mass is 9.58. The van der Waals surface area contributed by atoms with Gasteiger partial charge < -0.3 is 30.3 Å². The molecule has 0 radical (unpaired) electrons. The van der Waals surface area contributed by atoms with Crippen LogP contribution in [0.2, 0.25) is 0 Å². The molecular formula is C32H38N2O6. The summed E-state index contributed by atoms with van der Waals surface area (Å²) in [6, 6.07) is 8.03. The summed E-state index contributed by atoms with van der Waals surface area (Å²) in [6.45, 7) is 2.82. The summed E-state index contributed by atoms with van der Waals surface area (Å²) in [7, 11) is 0. The topological polar surface area (TPSA) is 127 Å². The van der Waals surface area contributed by atoms with Crippen LogP contribution in [0.3, 0.4) is 0 Å². The van der Waals surface area contributed by atoms with Crippen LogP contribution in [0.1, 0.15) is 50.5 Å². The summed E-state index contributed by atoms with van der Waals surface area (Å²) in [5, 5.41) is 56.8. The van der Waals surface area contributed by atoms with E-state index in [0.29, 0.717) is 12.8 Å². The highest BCUT2D eigenvalue weighted by atomic mass is 16.5. The summed E-state index contributed by atoms with van der Waals surface area (Å²) >= 11 is 0. The quantitative estimate of drug-likeness (QED) is 0.386. The van der Waals surface area contributed by atoms with E-state index in [1.165, 1.54) is 0 Å². The SMILES string of the molecule is C[C@]12CC=C3C=C4[C@@H](O)[C@@H](O)[C@@H](N5C[C@H](O)[C@@H](O)C5)C[C@]45CCC3(O5)[C@@H]1C[C@@H](O)C2c1ccc2ccncc2c1. The molecule has 2 aromatic rings. The summed E-state index contributed by atoms with van der Waals surface area (Å²) in [5.74, 6) is 0.0542. The molecule has 1 aromatic carbocycles. The molecule has 2 bridgehead atoms. The fourth-order valence-corrected chi connectivity index (χ4v) is 9.75. The number of ether oxygens (including phenoxy) is 1. The molecule has 0 amide bonds. The van der Waals surface area contributed by atoms with E-state index in [4.69, 9.17) is 4.74 Å². The Kier molecular flexibility index (Phi) is 5.39.